The van der Waals surface area contributed by atoms with Gasteiger partial charge in [0.25, 0.3) is 0 Å². The Kier molecular flexibility index (Phi) is 4.34. The quantitative estimate of drug-likeness (QED) is 0.766. The minimum Gasteiger partial charge on any atom is -0.460 e. The highest BCUT2D eigenvalue weighted by Gasteiger charge is 2.21. The lowest BCUT2D eigenvalue weighted by atomic mass is 10.0. The number of carbonyl (C=O) groups excluding carboxylic acids is 2. The van der Waals surface area contributed by atoms with Crippen molar-refractivity contribution >= 4 is 11.9 Å². The molecule has 0 bridgehead atoms. The highest BCUT2D eigenvalue weighted by Crippen LogP contribution is 2.14. The summed E-state index contributed by atoms with van der Waals surface area (Å²) in [5, 5.41) is 0. The molecule has 1 aromatic rings. The fourth-order valence-corrected chi connectivity index (χ4v) is 1.94. The van der Waals surface area contributed by atoms with E-state index >= 15 is 0 Å². The molecule has 1 saturated heterocycles. The highest BCUT2D eigenvalue weighted by atomic mass is 16.6. The molecule has 2 rings (SSSR count). The molecule has 96 valence electrons. The largest absolute Gasteiger partial charge is 0.460 e. The number of hydrogen-bond acceptors (Lipinski definition) is 4. The molecular formula is C14H16O4. The predicted molar refractivity (Wildman–Crippen MR) is 64.8 cm³/mol. The summed E-state index contributed by atoms with van der Waals surface area (Å²) >= 11 is 0. The second kappa shape index (κ2) is 6.19. The molecule has 4 heteroatoms. The summed E-state index contributed by atoms with van der Waals surface area (Å²) in [6, 6.07) is 10.0. The van der Waals surface area contributed by atoms with Crippen molar-refractivity contribution in [3.8, 4) is 0 Å². The Morgan fingerprint density at radius 2 is 1.89 bits per heavy atom. The van der Waals surface area contributed by atoms with E-state index in [2.05, 4.69) is 0 Å². The molecule has 0 unspecified atom stereocenters. The van der Waals surface area contributed by atoms with E-state index in [0.29, 0.717) is 12.8 Å². The van der Waals surface area contributed by atoms with Crippen molar-refractivity contribution in [3.63, 3.8) is 0 Å². The zero-order valence-electron chi connectivity index (χ0n) is 10.1. The Morgan fingerprint density at radius 3 is 2.67 bits per heavy atom. The predicted octanol–water partition coefficient (Wildman–Crippen LogP) is 1.87. The molecule has 0 spiro atoms. The number of carbonyl (C=O) groups is 2. The van der Waals surface area contributed by atoms with Crippen LogP contribution in [0.25, 0.3) is 0 Å². The molecule has 0 aromatic heterocycles. The molecule has 1 aromatic carbocycles. The van der Waals surface area contributed by atoms with Crippen LogP contribution < -0.4 is 0 Å². The van der Waals surface area contributed by atoms with E-state index in [1.54, 1.807) is 0 Å². The minimum atomic E-state index is -0.457. The molecule has 1 fully saturated rings. The maximum absolute atomic E-state index is 11.3. The van der Waals surface area contributed by atoms with Crippen molar-refractivity contribution in [1.82, 2.24) is 0 Å². The van der Waals surface area contributed by atoms with Gasteiger partial charge in [0, 0.05) is 6.42 Å². The standard InChI is InChI=1S/C14H16O4/c15-13-9-8-12(18-14(16)10-17-13)7-6-11-4-2-1-3-5-11/h1-5,12H,6-10H2/t12-/m0/s1. The van der Waals surface area contributed by atoms with Gasteiger partial charge in [0.1, 0.15) is 6.10 Å². The number of aryl methyl sites for hydroxylation is 1. The van der Waals surface area contributed by atoms with Gasteiger partial charge in [-0.2, -0.15) is 0 Å². The SMILES string of the molecule is O=C1CC[C@H](CCc2ccccc2)OC(=O)CO1. The summed E-state index contributed by atoms with van der Waals surface area (Å²) in [5.41, 5.74) is 1.21. The van der Waals surface area contributed by atoms with E-state index in [9.17, 15) is 9.59 Å². The Hall–Kier alpha value is -1.84. The molecule has 1 aliphatic rings. The molecule has 1 atom stereocenters. The van der Waals surface area contributed by atoms with Gasteiger partial charge in [-0.25, -0.2) is 4.79 Å². The van der Waals surface area contributed by atoms with Crippen molar-refractivity contribution in [2.24, 2.45) is 0 Å². The van der Waals surface area contributed by atoms with Gasteiger partial charge in [-0.05, 0) is 24.8 Å². The van der Waals surface area contributed by atoms with E-state index in [0.717, 1.165) is 12.8 Å². The first-order valence-corrected chi connectivity index (χ1v) is 6.13. The number of rotatable bonds is 3. The van der Waals surface area contributed by atoms with Crippen molar-refractivity contribution in [2.75, 3.05) is 6.61 Å². The maximum Gasteiger partial charge on any atom is 0.344 e. The zero-order chi connectivity index (χ0) is 12.8. The maximum atomic E-state index is 11.3. The molecule has 1 aliphatic heterocycles. The van der Waals surface area contributed by atoms with Crippen LogP contribution in [0.1, 0.15) is 24.8 Å². The van der Waals surface area contributed by atoms with Gasteiger partial charge >= 0.3 is 11.9 Å². The molecule has 0 N–H and O–H groups in total. The zero-order valence-corrected chi connectivity index (χ0v) is 10.1. The van der Waals surface area contributed by atoms with Gasteiger partial charge in [0.2, 0.25) is 0 Å². The van der Waals surface area contributed by atoms with Crippen molar-refractivity contribution in [3.05, 3.63) is 35.9 Å². The lowest BCUT2D eigenvalue weighted by Crippen LogP contribution is -2.27. The van der Waals surface area contributed by atoms with E-state index < -0.39 is 5.97 Å². The number of benzene rings is 1. The summed E-state index contributed by atoms with van der Waals surface area (Å²) in [7, 11) is 0. The fourth-order valence-electron chi connectivity index (χ4n) is 1.94. The number of ether oxygens (including phenoxy) is 2. The lowest BCUT2D eigenvalue weighted by molar-refractivity contribution is -0.167. The summed E-state index contributed by atoms with van der Waals surface area (Å²) in [4.78, 5) is 22.5. The van der Waals surface area contributed by atoms with Crippen LogP contribution in [0.4, 0.5) is 0 Å². The van der Waals surface area contributed by atoms with Gasteiger partial charge in [0.05, 0.1) is 0 Å². The third kappa shape index (κ3) is 3.87. The molecule has 4 nitrogen and oxygen atoms in total. The van der Waals surface area contributed by atoms with Gasteiger partial charge in [0.15, 0.2) is 6.61 Å². The summed E-state index contributed by atoms with van der Waals surface area (Å²) in [5.74, 6) is -0.780. The Morgan fingerprint density at radius 1 is 1.11 bits per heavy atom. The number of hydrogen-bond donors (Lipinski definition) is 0. The first kappa shape index (κ1) is 12.6. The lowest BCUT2D eigenvalue weighted by Gasteiger charge is -2.20. The number of cyclic esters (lactones) is 2. The van der Waals surface area contributed by atoms with Crippen LogP contribution in [0.5, 0.6) is 0 Å². The van der Waals surface area contributed by atoms with Crippen molar-refractivity contribution in [1.29, 1.82) is 0 Å². The third-order valence-electron chi connectivity index (χ3n) is 2.92. The molecule has 18 heavy (non-hydrogen) atoms. The average molecular weight is 248 g/mol. The monoisotopic (exact) mass is 248 g/mol. The number of esters is 2. The molecular weight excluding hydrogens is 232 g/mol. The van der Waals surface area contributed by atoms with Crippen molar-refractivity contribution in [2.45, 2.75) is 31.8 Å². The van der Waals surface area contributed by atoms with E-state index in [1.807, 2.05) is 30.3 Å². The Labute approximate surface area is 106 Å². The third-order valence-corrected chi connectivity index (χ3v) is 2.92. The summed E-state index contributed by atoms with van der Waals surface area (Å²) < 4.78 is 9.94. The van der Waals surface area contributed by atoms with Crippen LogP contribution in [0.15, 0.2) is 30.3 Å². The molecule has 0 radical (unpaired) electrons. The summed E-state index contributed by atoms with van der Waals surface area (Å²) in [6.45, 7) is -0.263. The van der Waals surface area contributed by atoms with E-state index in [1.165, 1.54) is 5.56 Å². The topological polar surface area (TPSA) is 52.6 Å². The minimum absolute atomic E-state index is 0.189. The van der Waals surface area contributed by atoms with E-state index in [4.69, 9.17) is 9.47 Å². The van der Waals surface area contributed by atoms with Crippen LogP contribution in [0.3, 0.4) is 0 Å². The summed E-state index contributed by atoms with van der Waals surface area (Å²) in [6.07, 6.45) is 2.24. The van der Waals surface area contributed by atoms with Gasteiger partial charge in [-0.15, -0.1) is 0 Å². The second-order valence-corrected chi connectivity index (χ2v) is 4.34. The average Bonchev–Trinajstić information content (AvgIpc) is 2.39. The van der Waals surface area contributed by atoms with Crippen LogP contribution in [0, 0.1) is 0 Å². The molecule has 1 heterocycles. The van der Waals surface area contributed by atoms with E-state index in [-0.39, 0.29) is 18.7 Å². The first-order valence-electron chi connectivity index (χ1n) is 6.13. The van der Waals surface area contributed by atoms with Gasteiger partial charge in [-0.1, -0.05) is 30.3 Å². The normalized spacial score (nSPS) is 20.6. The van der Waals surface area contributed by atoms with Crippen molar-refractivity contribution < 1.29 is 19.1 Å². The van der Waals surface area contributed by atoms with Crippen LogP contribution in [-0.4, -0.2) is 24.6 Å². The fraction of sp³-hybridized carbons (Fsp3) is 0.429. The van der Waals surface area contributed by atoms with Crippen LogP contribution in [-0.2, 0) is 25.5 Å². The van der Waals surface area contributed by atoms with Crippen LogP contribution in [0.2, 0.25) is 0 Å². The molecule has 0 aliphatic carbocycles. The smallest absolute Gasteiger partial charge is 0.344 e. The second-order valence-electron chi connectivity index (χ2n) is 4.34. The molecule has 0 saturated carbocycles. The Bertz CT molecular complexity index is 413. The highest BCUT2D eigenvalue weighted by molar-refractivity contribution is 5.77. The van der Waals surface area contributed by atoms with Gasteiger partial charge < -0.3 is 9.47 Å². The molecule has 0 amide bonds. The van der Waals surface area contributed by atoms with Crippen LogP contribution >= 0.6 is 0 Å². The van der Waals surface area contributed by atoms with Gasteiger partial charge in [-0.3, -0.25) is 4.79 Å². The Balaban J connectivity index is 1.87. The first-order chi connectivity index (χ1) is 8.74.